The number of benzene rings is 2. The third-order valence-corrected chi connectivity index (χ3v) is 4.98. The van der Waals surface area contributed by atoms with Crippen LogP contribution in [-0.4, -0.2) is 27.1 Å². The topological polar surface area (TPSA) is 52.8 Å². The highest BCUT2D eigenvalue weighted by Gasteiger charge is 2.16. The van der Waals surface area contributed by atoms with Gasteiger partial charge in [0.2, 0.25) is 0 Å². The number of aryl methyl sites for hydroxylation is 3. The second-order valence-electron chi connectivity index (χ2n) is 7.27. The van der Waals surface area contributed by atoms with Gasteiger partial charge in [-0.15, -0.1) is 10.2 Å². The molecule has 0 saturated heterocycles. The third kappa shape index (κ3) is 3.90. The highest BCUT2D eigenvalue weighted by Crippen LogP contribution is 2.27. The Labute approximate surface area is 171 Å². The van der Waals surface area contributed by atoms with Crippen LogP contribution >= 0.6 is 0 Å². The van der Waals surface area contributed by atoms with Crippen molar-refractivity contribution in [3.05, 3.63) is 88.7 Å². The van der Waals surface area contributed by atoms with Gasteiger partial charge < -0.3 is 4.74 Å². The van der Waals surface area contributed by atoms with E-state index in [-0.39, 0.29) is 0 Å². The van der Waals surface area contributed by atoms with Gasteiger partial charge in [0.05, 0.1) is 18.5 Å². The first-order chi connectivity index (χ1) is 14.0. The van der Waals surface area contributed by atoms with Gasteiger partial charge in [-0.2, -0.15) is 5.10 Å². The number of para-hydroxylation sites is 1. The first kappa shape index (κ1) is 18.9. The SMILES string of the molecule is COc1ccccc1Cc1cc(-c2ccc(C)cc2)nnc1-n1nc(C)cc1C. The van der Waals surface area contributed by atoms with Crippen LogP contribution in [0.2, 0.25) is 0 Å². The lowest BCUT2D eigenvalue weighted by Gasteiger charge is -2.13. The molecule has 29 heavy (non-hydrogen) atoms. The summed E-state index contributed by atoms with van der Waals surface area (Å²) >= 11 is 0. The molecule has 0 spiro atoms. The molecule has 0 unspecified atom stereocenters. The number of hydrogen-bond acceptors (Lipinski definition) is 4. The molecule has 0 aliphatic carbocycles. The molecule has 0 radical (unpaired) electrons. The summed E-state index contributed by atoms with van der Waals surface area (Å²) in [6, 6.07) is 20.5. The molecule has 0 fully saturated rings. The Morgan fingerprint density at radius 1 is 0.862 bits per heavy atom. The normalized spacial score (nSPS) is 10.9. The van der Waals surface area contributed by atoms with Crippen molar-refractivity contribution < 1.29 is 4.74 Å². The van der Waals surface area contributed by atoms with E-state index in [1.165, 1.54) is 5.56 Å². The molecule has 0 aliphatic heterocycles. The zero-order valence-electron chi connectivity index (χ0n) is 17.2. The fourth-order valence-corrected chi connectivity index (χ4v) is 3.50. The minimum absolute atomic E-state index is 0.673. The molecule has 4 rings (SSSR count). The highest BCUT2D eigenvalue weighted by atomic mass is 16.5. The largest absolute Gasteiger partial charge is 0.496 e. The van der Waals surface area contributed by atoms with E-state index < -0.39 is 0 Å². The molecule has 2 aromatic carbocycles. The molecule has 5 heteroatoms. The van der Waals surface area contributed by atoms with Gasteiger partial charge in [0.15, 0.2) is 5.82 Å². The van der Waals surface area contributed by atoms with Crippen molar-refractivity contribution in [2.45, 2.75) is 27.2 Å². The fraction of sp³-hybridized carbons (Fsp3) is 0.208. The summed E-state index contributed by atoms with van der Waals surface area (Å²) in [6.45, 7) is 6.09. The lowest BCUT2D eigenvalue weighted by Crippen LogP contribution is -2.09. The van der Waals surface area contributed by atoms with Crippen molar-refractivity contribution in [1.29, 1.82) is 0 Å². The van der Waals surface area contributed by atoms with Crippen LogP contribution in [-0.2, 0) is 6.42 Å². The number of hydrogen-bond donors (Lipinski definition) is 0. The van der Waals surface area contributed by atoms with Crippen LogP contribution in [0.3, 0.4) is 0 Å². The van der Waals surface area contributed by atoms with Crippen molar-refractivity contribution in [1.82, 2.24) is 20.0 Å². The summed E-state index contributed by atoms with van der Waals surface area (Å²) in [6.07, 6.45) is 0.673. The quantitative estimate of drug-likeness (QED) is 0.493. The molecule has 0 aliphatic rings. The summed E-state index contributed by atoms with van der Waals surface area (Å²) in [7, 11) is 1.70. The first-order valence-electron chi connectivity index (χ1n) is 9.64. The molecule has 0 N–H and O–H groups in total. The van der Waals surface area contributed by atoms with Crippen molar-refractivity contribution in [2.75, 3.05) is 7.11 Å². The Morgan fingerprint density at radius 2 is 1.62 bits per heavy atom. The van der Waals surface area contributed by atoms with Crippen LogP contribution in [0, 0.1) is 20.8 Å². The average molecular weight is 384 g/mol. The molecule has 0 amide bonds. The number of nitrogens with zero attached hydrogens (tertiary/aromatic N) is 4. The van der Waals surface area contributed by atoms with Crippen LogP contribution in [0.5, 0.6) is 5.75 Å². The van der Waals surface area contributed by atoms with E-state index in [9.17, 15) is 0 Å². The zero-order valence-corrected chi connectivity index (χ0v) is 17.2. The van der Waals surface area contributed by atoms with E-state index in [0.29, 0.717) is 6.42 Å². The molecule has 5 nitrogen and oxygen atoms in total. The Hall–Kier alpha value is -3.47. The minimum Gasteiger partial charge on any atom is -0.496 e. The van der Waals surface area contributed by atoms with E-state index in [0.717, 1.165) is 45.3 Å². The standard InChI is InChI=1S/C24H24N4O/c1-16-9-11-19(12-10-16)22-15-21(14-20-7-5-6-8-23(20)29-4)24(26-25-22)28-18(3)13-17(2)27-28/h5-13,15H,14H2,1-4H3. The van der Waals surface area contributed by atoms with Gasteiger partial charge in [0, 0.05) is 23.2 Å². The smallest absolute Gasteiger partial charge is 0.179 e. The monoisotopic (exact) mass is 384 g/mol. The maximum absolute atomic E-state index is 5.56. The molecule has 4 aromatic rings. The minimum atomic E-state index is 0.673. The molecule has 0 atom stereocenters. The van der Waals surface area contributed by atoms with Crippen molar-refractivity contribution in [3.8, 4) is 22.8 Å². The third-order valence-electron chi connectivity index (χ3n) is 4.98. The van der Waals surface area contributed by atoms with Crippen molar-refractivity contribution in [3.63, 3.8) is 0 Å². The predicted molar refractivity (Wildman–Crippen MR) is 115 cm³/mol. The predicted octanol–water partition coefficient (Wildman–Crippen LogP) is 4.85. The van der Waals surface area contributed by atoms with Crippen molar-refractivity contribution in [2.24, 2.45) is 0 Å². The molecule has 0 saturated carbocycles. The van der Waals surface area contributed by atoms with Gasteiger partial charge in [-0.3, -0.25) is 0 Å². The second kappa shape index (κ2) is 7.87. The molecule has 2 heterocycles. The summed E-state index contributed by atoms with van der Waals surface area (Å²) in [5.74, 6) is 1.61. The van der Waals surface area contributed by atoms with Crippen LogP contribution in [0.1, 0.15) is 28.1 Å². The fourth-order valence-electron chi connectivity index (χ4n) is 3.50. The van der Waals surface area contributed by atoms with Crippen LogP contribution in [0.25, 0.3) is 17.1 Å². The van der Waals surface area contributed by atoms with Crippen molar-refractivity contribution >= 4 is 0 Å². The molecular weight excluding hydrogens is 360 g/mol. The van der Waals surface area contributed by atoms with Gasteiger partial charge in [-0.25, -0.2) is 4.68 Å². The van der Waals surface area contributed by atoms with Gasteiger partial charge in [0.25, 0.3) is 0 Å². The van der Waals surface area contributed by atoms with Gasteiger partial charge in [0.1, 0.15) is 5.75 Å². The molecule has 2 aromatic heterocycles. The van der Waals surface area contributed by atoms with Crippen LogP contribution < -0.4 is 4.74 Å². The van der Waals surface area contributed by atoms with E-state index in [1.54, 1.807) is 7.11 Å². The molecule has 0 bridgehead atoms. The highest BCUT2D eigenvalue weighted by molar-refractivity contribution is 5.61. The average Bonchev–Trinajstić information content (AvgIpc) is 3.06. The second-order valence-corrected chi connectivity index (χ2v) is 7.27. The van der Waals surface area contributed by atoms with E-state index in [4.69, 9.17) is 4.74 Å². The molecular formula is C24H24N4O. The van der Waals surface area contributed by atoms with Gasteiger partial charge in [-0.1, -0.05) is 48.0 Å². The lowest BCUT2D eigenvalue weighted by atomic mass is 10.0. The maximum atomic E-state index is 5.56. The lowest BCUT2D eigenvalue weighted by molar-refractivity contribution is 0.410. The number of ether oxygens (including phenoxy) is 1. The van der Waals surface area contributed by atoms with Crippen LogP contribution in [0.15, 0.2) is 60.7 Å². The first-order valence-corrected chi connectivity index (χ1v) is 9.64. The number of methoxy groups -OCH3 is 1. The van der Waals surface area contributed by atoms with Crippen LogP contribution in [0.4, 0.5) is 0 Å². The van der Waals surface area contributed by atoms with Gasteiger partial charge >= 0.3 is 0 Å². The Kier molecular flexibility index (Phi) is 5.12. The zero-order chi connectivity index (χ0) is 20.4. The number of rotatable bonds is 5. The Morgan fingerprint density at radius 3 is 2.31 bits per heavy atom. The summed E-state index contributed by atoms with van der Waals surface area (Å²) in [4.78, 5) is 0. The summed E-state index contributed by atoms with van der Waals surface area (Å²) < 4.78 is 7.43. The number of aromatic nitrogens is 4. The summed E-state index contributed by atoms with van der Waals surface area (Å²) in [5, 5.41) is 13.7. The maximum Gasteiger partial charge on any atom is 0.179 e. The van der Waals surface area contributed by atoms with E-state index >= 15 is 0 Å². The summed E-state index contributed by atoms with van der Waals surface area (Å²) in [5.41, 5.74) is 7.24. The van der Waals surface area contributed by atoms with Gasteiger partial charge in [-0.05, 0) is 44.5 Å². The Bertz CT molecular complexity index is 1150. The molecule has 146 valence electrons. The Balaban J connectivity index is 1.85. The van der Waals surface area contributed by atoms with E-state index in [1.807, 2.05) is 42.8 Å². The van der Waals surface area contributed by atoms with E-state index in [2.05, 4.69) is 58.6 Å².